The number of aliphatic carboxylic acids is 1. The van der Waals surface area contributed by atoms with E-state index in [2.05, 4.69) is 28.6 Å². The first-order valence-corrected chi connectivity index (χ1v) is 11.0. The van der Waals surface area contributed by atoms with Gasteiger partial charge in [-0.15, -0.1) is 0 Å². The Labute approximate surface area is 197 Å². The van der Waals surface area contributed by atoms with Crippen molar-refractivity contribution in [1.82, 2.24) is 16.0 Å². The van der Waals surface area contributed by atoms with Crippen LogP contribution in [0, 0.1) is 5.92 Å². The lowest BCUT2D eigenvalue weighted by atomic mass is 10.0. The van der Waals surface area contributed by atoms with Crippen molar-refractivity contribution >= 4 is 48.1 Å². The second-order valence-corrected chi connectivity index (χ2v) is 8.32. The van der Waals surface area contributed by atoms with Crippen molar-refractivity contribution < 1.29 is 33.9 Å². The highest BCUT2D eigenvalue weighted by atomic mass is 32.1. The quantitative estimate of drug-likeness (QED) is 0.106. The summed E-state index contributed by atoms with van der Waals surface area (Å²) in [5.41, 5.74) is 15.8. The first-order valence-electron chi connectivity index (χ1n) is 10.3. The summed E-state index contributed by atoms with van der Waals surface area (Å²) in [6.45, 7) is 3.58. The van der Waals surface area contributed by atoms with Crippen molar-refractivity contribution in [1.29, 1.82) is 0 Å². The zero-order valence-corrected chi connectivity index (χ0v) is 19.6. The van der Waals surface area contributed by atoms with E-state index in [0.717, 1.165) is 0 Å². The maximum Gasteiger partial charge on any atom is 0.326 e. The molecule has 0 aromatic carbocycles. The normalized spacial score (nSPS) is 14.5. The number of hydrogen-bond acceptors (Lipinski definition) is 8. The molecule has 4 unspecified atom stereocenters. The molecule has 0 saturated carbocycles. The van der Waals surface area contributed by atoms with Crippen LogP contribution in [0.5, 0.6) is 0 Å². The molecule has 188 valence electrons. The summed E-state index contributed by atoms with van der Waals surface area (Å²) < 4.78 is 0. The molecule has 4 atom stereocenters. The summed E-state index contributed by atoms with van der Waals surface area (Å²) in [7, 11) is 0. The Bertz CT molecular complexity index is 733. The van der Waals surface area contributed by atoms with E-state index in [4.69, 9.17) is 17.2 Å². The van der Waals surface area contributed by atoms with E-state index < -0.39 is 59.7 Å². The Morgan fingerprint density at radius 2 is 1.24 bits per heavy atom. The van der Waals surface area contributed by atoms with Gasteiger partial charge in [0, 0.05) is 18.6 Å². The number of carbonyl (C=O) groups excluding carboxylic acids is 5. The minimum absolute atomic E-state index is 0.0115. The third-order valence-electron chi connectivity index (χ3n) is 4.49. The van der Waals surface area contributed by atoms with Crippen LogP contribution in [-0.4, -0.2) is 70.5 Å². The van der Waals surface area contributed by atoms with E-state index in [-0.39, 0.29) is 43.8 Å². The fraction of sp³-hybridized carbons (Fsp3) is 0.684. The first kappa shape index (κ1) is 30.1. The van der Waals surface area contributed by atoms with Gasteiger partial charge in [-0.25, -0.2) is 4.79 Å². The molecule has 5 amide bonds. The number of thiol groups is 1. The third kappa shape index (κ3) is 12.7. The minimum Gasteiger partial charge on any atom is -0.480 e. The van der Waals surface area contributed by atoms with E-state index in [1.54, 1.807) is 13.8 Å². The van der Waals surface area contributed by atoms with Crippen molar-refractivity contribution in [3.8, 4) is 0 Å². The second kappa shape index (κ2) is 15.1. The molecular weight excluding hydrogens is 456 g/mol. The number of nitrogens with two attached hydrogens (primary N) is 3. The molecule has 0 bridgehead atoms. The Hall–Kier alpha value is -2.87. The Kier molecular flexibility index (Phi) is 13.7. The molecule has 0 rings (SSSR count). The van der Waals surface area contributed by atoms with Gasteiger partial charge < -0.3 is 38.3 Å². The fourth-order valence-corrected chi connectivity index (χ4v) is 2.95. The lowest BCUT2D eigenvalue weighted by Crippen LogP contribution is -2.57. The standard InChI is InChI=1S/C19H34N6O7S/c1-9(2)7-12(19(31)32)24-18(30)13(8-33)25-17(29)11(4-6-15(22)27)23-16(28)10(20)3-5-14(21)26/h9-13,33H,3-8,20H2,1-2H3,(H2,21,26)(H2,22,27)(H,23,28)(H,24,30)(H,25,29)(H,31,32). The van der Waals surface area contributed by atoms with Crippen molar-refractivity contribution in [2.45, 2.75) is 70.1 Å². The number of carboxylic acids is 1. The number of hydrogen-bond donors (Lipinski definition) is 8. The van der Waals surface area contributed by atoms with Crippen LogP contribution in [0.25, 0.3) is 0 Å². The predicted molar refractivity (Wildman–Crippen MR) is 122 cm³/mol. The van der Waals surface area contributed by atoms with Crippen LogP contribution in [0.15, 0.2) is 0 Å². The highest BCUT2D eigenvalue weighted by Crippen LogP contribution is 2.06. The maximum atomic E-state index is 12.7. The van der Waals surface area contributed by atoms with Crippen LogP contribution in [0.4, 0.5) is 0 Å². The smallest absolute Gasteiger partial charge is 0.326 e. The molecule has 0 fully saturated rings. The van der Waals surface area contributed by atoms with E-state index in [1.165, 1.54) is 0 Å². The average Bonchev–Trinajstić information content (AvgIpc) is 2.71. The number of rotatable bonds is 16. The van der Waals surface area contributed by atoms with Crippen LogP contribution in [0.2, 0.25) is 0 Å². The molecule has 0 radical (unpaired) electrons. The van der Waals surface area contributed by atoms with Gasteiger partial charge in [0.1, 0.15) is 18.1 Å². The van der Waals surface area contributed by atoms with Gasteiger partial charge in [-0.2, -0.15) is 12.6 Å². The summed E-state index contributed by atoms with van der Waals surface area (Å²) >= 11 is 4.03. The molecule has 13 nitrogen and oxygen atoms in total. The Morgan fingerprint density at radius 1 is 0.788 bits per heavy atom. The summed E-state index contributed by atoms with van der Waals surface area (Å²) in [6.07, 6.45) is -0.451. The zero-order valence-electron chi connectivity index (χ0n) is 18.7. The highest BCUT2D eigenvalue weighted by molar-refractivity contribution is 7.80. The van der Waals surface area contributed by atoms with Gasteiger partial charge in [-0.1, -0.05) is 13.8 Å². The fourth-order valence-electron chi connectivity index (χ4n) is 2.69. The van der Waals surface area contributed by atoms with Gasteiger partial charge in [-0.05, 0) is 25.2 Å². The second-order valence-electron chi connectivity index (χ2n) is 7.95. The number of carboxylic acid groups (broad SMARTS) is 1. The lowest BCUT2D eigenvalue weighted by molar-refractivity contribution is -0.142. The van der Waals surface area contributed by atoms with Gasteiger partial charge in [0.15, 0.2) is 0 Å². The molecule has 0 aliphatic rings. The SMILES string of the molecule is CC(C)CC(NC(=O)C(CS)NC(=O)C(CCC(N)=O)NC(=O)C(N)CCC(N)=O)C(=O)O. The van der Waals surface area contributed by atoms with Gasteiger partial charge in [-0.3, -0.25) is 24.0 Å². The molecule has 0 aliphatic carbocycles. The molecular formula is C19H34N6O7S. The van der Waals surface area contributed by atoms with Crippen LogP contribution in [0.1, 0.15) is 46.0 Å². The molecule has 10 N–H and O–H groups in total. The van der Waals surface area contributed by atoms with E-state index in [0.29, 0.717) is 0 Å². The number of nitrogens with one attached hydrogen (secondary N) is 3. The van der Waals surface area contributed by atoms with Gasteiger partial charge in [0.25, 0.3) is 0 Å². The van der Waals surface area contributed by atoms with Crippen molar-refractivity contribution in [2.24, 2.45) is 23.1 Å². The van der Waals surface area contributed by atoms with Crippen LogP contribution >= 0.6 is 12.6 Å². The Balaban J connectivity index is 5.29. The van der Waals surface area contributed by atoms with Crippen LogP contribution in [0.3, 0.4) is 0 Å². The van der Waals surface area contributed by atoms with Gasteiger partial charge in [0.2, 0.25) is 29.5 Å². The van der Waals surface area contributed by atoms with E-state index in [9.17, 15) is 33.9 Å². The molecule has 0 aromatic heterocycles. The minimum atomic E-state index is -1.27. The van der Waals surface area contributed by atoms with Crippen LogP contribution < -0.4 is 33.2 Å². The maximum absolute atomic E-state index is 12.7. The average molecular weight is 491 g/mol. The number of carbonyl (C=O) groups is 6. The van der Waals surface area contributed by atoms with Gasteiger partial charge >= 0.3 is 5.97 Å². The predicted octanol–water partition coefficient (Wildman–Crippen LogP) is -2.64. The van der Waals surface area contributed by atoms with Crippen molar-refractivity contribution in [2.75, 3.05) is 5.75 Å². The third-order valence-corrected chi connectivity index (χ3v) is 4.85. The number of amides is 5. The molecule has 0 saturated heterocycles. The number of primary amides is 2. The molecule has 0 aromatic rings. The summed E-state index contributed by atoms with van der Waals surface area (Å²) in [5, 5.41) is 16.4. The zero-order chi connectivity index (χ0) is 25.7. The molecule has 0 aliphatic heterocycles. The topological polar surface area (TPSA) is 237 Å². The summed E-state index contributed by atoms with van der Waals surface area (Å²) in [6, 6.07) is -4.79. The van der Waals surface area contributed by atoms with Crippen LogP contribution in [-0.2, 0) is 28.8 Å². The highest BCUT2D eigenvalue weighted by Gasteiger charge is 2.30. The first-order chi connectivity index (χ1) is 15.3. The molecule has 0 heterocycles. The van der Waals surface area contributed by atoms with Crippen molar-refractivity contribution in [3.05, 3.63) is 0 Å². The van der Waals surface area contributed by atoms with E-state index >= 15 is 0 Å². The molecule has 33 heavy (non-hydrogen) atoms. The van der Waals surface area contributed by atoms with Crippen molar-refractivity contribution in [3.63, 3.8) is 0 Å². The summed E-state index contributed by atoms with van der Waals surface area (Å²) in [5.74, 6) is -5.14. The Morgan fingerprint density at radius 3 is 1.70 bits per heavy atom. The van der Waals surface area contributed by atoms with Gasteiger partial charge in [0.05, 0.1) is 6.04 Å². The lowest BCUT2D eigenvalue weighted by Gasteiger charge is -2.24. The monoisotopic (exact) mass is 490 g/mol. The summed E-state index contributed by atoms with van der Waals surface area (Å²) in [4.78, 5) is 70.9. The molecule has 0 spiro atoms. The largest absolute Gasteiger partial charge is 0.480 e. The van der Waals surface area contributed by atoms with E-state index in [1.807, 2.05) is 0 Å². The molecule has 14 heteroatoms.